The van der Waals surface area contributed by atoms with Crippen molar-refractivity contribution in [2.45, 2.75) is 32.0 Å². The SMILES string of the molecule is CS(=O)(=O)N[C@@H]1CCN(Cc2cccs2)C[C@]12CCN(Cc1ccccc1)C2. The summed E-state index contributed by atoms with van der Waals surface area (Å²) in [6, 6.07) is 14.9. The molecule has 28 heavy (non-hydrogen) atoms. The maximum atomic E-state index is 12.0. The summed E-state index contributed by atoms with van der Waals surface area (Å²) in [6.45, 7) is 5.73. The third-order valence-electron chi connectivity index (χ3n) is 6.04. The van der Waals surface area contributed by atoms with Crippen molar-refractivity contribution in [3.63, 3.8) is 0 Å². The van der Waals surface area contributed by atoms with Gasteiger partial charge in [0.2, 0.25) is 10.0 Å². The van der Waals surface area contributed by atoms with E-state index in [9.17, 15) is 8.42 Å². The summed E-state index contributed by atoms with van der Waals surface area (Å²) in [6.07, 6.45) is 3.20. The lowest BCUT2D eigenvalue weighted by Gasteiger charge is -2.46. The van der Waals surface area contributed by atoms with Crippen LogP contribution in [0, 0.1) is 5.41 Å². The Hall–Kier alpha value is -1.25. The zero-order valence-corrected chi connectivity index (χ0v) is 18.0. The van der Waals surface area contributed by atoms with Crippen LogP contribution < -0.4 is 4.72 Å². The lowest BCUT2D eigenvalue weighted by molar-refractivity contribution is 0.0599. The number of hydrogen-bond donors (Lipinski definition) is 1. The van der Waals surface area contributed by atoms with Gasteiger partial charge in [0.25, 0.3) is 0 Å². The number of piperidine rings is 1. The predicted molar refractivity (Wildman–Crippen MR) is 115 cm³/mol. The molecule has 0 radical (unpaired) electrons. The monoisotopic (exact) mass is 419 g/mol. The molecule has 5 nitrogen and oxygen atoms in total. The molecule has 2 fully saturated rings. The molecule has 0 bridgehead atoms. The summed E-state index contributed by atoms with van der Waals surface area (Å²) in [5.74, 6) is 0. The van der Waals surface area contributed by atoms with E-state index < -0.39 is 10.0 Å². The van der Waals surface area contributed by atoms with E-state index in [0.29, 0.717) is 0 Å². The maximum Gasteiger partial charge on any atom is 0.208 e. The van der Waals surface area contributed by atoms with Gasteiger partial charge in [-0.25, -0.2) is 13.1 Å². The lowest BCUT2D eigenvalue weighted by atomic mass is 9.75. The van der Waals surface area contributed by atoms with Crippen molar-refractivity contribution in [1.29, 1.82) is 0 Å². The van der Waals surface area contributed by atoms with Crippen molar-refractivity contribution in [3.05, 3.63) is 58.3 Å². The van der Waals surface area contributed by atoms with Crippen LogP contribution in [0.1, 0.15) is 23.3 Å². The number of hydrogen-bond acceptors (Lipinski definition) is 5. The Morgan fingerprint density at radius 3 is 2.50 bits per heavy atom. The molecule has 1 aromatic heterocycles. The van der Waals surface area contributed by atoms with Gasteiger partial charge in [-0.3, -0.25) is 9.80 Å². The number of benzene rings is 1. The van der Waals surface area contributed by atoms with Crippen molar-refractivity contribution in [3.8, 4) is 0 Å². The lowest BCUT2D eigenvalue weighted by Crippen LogP contribution is -2.58. The number of nitrogens with one attached hydrogen (secondary N) is 1. The molecule has 2 aliphatic rings. The van der Waals surface area contributed by atoms with Crippen LogP contribution in [0.3, 0.4) is 0 Å². The van der Waals surface area contributed by atoms with Crippen LogP contribution in [0.5, 0.6) is 0 Å². The van der Waals surface area contributed by atoms with E-state index in [0.717, 1.165) is 52.1 Å². The highest BCUT2D eigenvalue weighted by Crippen LogP contribution is 2.40. The first-order valence-electron chi connectivity index (χ1n) is 9.90. The average molecular weight is 420 g/mol. The van der Waals surface area contributed by atoms with E-state index in [4.69, 9.17) is 0 Å². The fraction of sp³-hybridized carbons (Fsp3) is 0.524. The molecule has 0 aliphatic carbocycles. The smallest absolute Gasteiger partial charge is 0.208 e. The minimum absolute atomic E-state index is 0.0165. The van der Waals surface area contributed by atoms with Crippen molar-refractivity contribution < 1.29 is 8.42 Å². The Morgan fingerprint density at radius 2 is 1.82 bits per heavy atom. The van der Waals surface area contributed by atoms with Crippen molar-refractivity contribution >= 4 is 21.4 Å². The summed E-state index contributed by atoms with van der Waals surface area (Å²) in [5, 5.41) is 2.13. The molecule has 7 heteroatoms. The van der Waals surface area contributed by atoms with Gasteiger partial charge in [0, 0.05) is 49.1 Å². The van der Waals surface area contributed by atoms with Gasteiger partial charge in [-0.1, -0.05) is 36.4 Å². The molecule has 2 atom stereocenters. The number of nitrogens with zero attached hydrogens (tertiary/aromatic N) is 2. The van der Waals surface area contributed by atoms with Gasteiger partial charge in [0.1, 0.15) is 0 Å². The van der Waals surface area contributed by atoms with E-state index in [-0.39, 0.29) is 11.5 Å². The first kappa shape index (κ1) is 20.0. The molecule has 1 N–H and O–H groups in total. The third kappa shape index (κ3) is 4.83. The van der Waals surface area contributed by atoms with Crippen molar-refractivity contribution in [1.82, 2.24) is 14.5 Å². The van der Waals surface area contributed by atoms with E-state index in [1.807, 2.05) is 6.07 Å². The van der Waals surface area contributed by atoms with E-state index in [1.54, 1.807) is 11.3 Å². The Labute approximate surface area is 172 Å². The summed E-state index contributed by atoms with van der Waals surface area (Å²) in [4.78, 5) is 6.38. The van der Waals surface area contributed by atoms with Crippen LogP contribution in [-0.4, -0.2) is 56.7 Å². The van der Waals surface area contributed by atoms with Gasteiger partial charge in [0.05, 0.1) is 6.26 Å². The highest BCUT2D eigenvalue weighted by Gasteiger charge is 2.48. The summed E-state index contributed by atoms with van der Waals surface area (Å²) in [5.41, 5.74) is 1.30. The molecule has 2 aromatic rings. The Balaban J connectivity index is 1.50. The predicted octanol–water partition coefficient (Wildman–Crippen LogP) is 2.76. The second kappa shape index (κ2) is 8.24. The Bertz CT molecular complexity index is 870. The van der Waals surface area contributed by atoms with Crippen molar-refractivity contribution in [2.75, 3.05) is 32.4 Å². The standard InChI is InChI=1S/C21H29N3O2S2/c1-28(25,26)22-20-9-11-23(15-19-8-5-13-27-19)16-21(20)10-12-24(17-21)14-18-6-3-2-4-7-18/h2-8,13,20,22H,9-12,14-17H2,1H3/t20-,21+/m1/s1. The molecule has 2 aliphatic heterocycles. The number of rotatable bonds is 6. The first-order valence-corrected chi connectivity index (χ1v) is 12.7. The van der Waals surface area contributed by atoms with E-state index in [2.05, 4.69) is 56.3 Å². The van der Waals surface area contributed by atoms with Gasteiger partial charge in [-0.15, -0.1) is 11.3 Å². The van der Waals surface area contributed by atoms with Crippen LogP contribution in [0.15, 0.2) is 47.8 Å². The molecule has 3 heterocycles. The summed E-state index contributed by atoms with van der Waals surface area (Å²) < 4.78 is 27.0. The van der Waals surface area contributed by atoms with Gasteiger partial charge < -0.3 is 0 Å². The third-order valence-corrected chi connectivity index (χ3v) is 7.61. The molecule has 2 saturated heterocycles. The van der Waals surface area contributed by atoms with Gasteiger partial charge in [-0.2, -0.15) is 0 Å². The molecule has 0 unspecified atom stereocenters. The van der Waals surface area contributed by atoms with Crippen LogP contribution in [0.4, 0.5) is 0 Å². The molecular weight excluding hydrogens is 390 g/mol. The van der Waals surface area contributed by atoms with Gasteiger partial charge in [0.15, 0.2) is 0 Å². The summed E-state index contributed by atoms with van der Waals surface area (Å²) >= 11 is 1.80. The van der Waals surface area contributed by atoms with E-state index in [1.165, 1.54) is 16.7 Å². The molecule has 152 valence electrons. The minimum Gasteiger partial charge on any atom is -0.298 e. The molecular formula is C21H29N3O2S2. The normalized spacial score (nSPS) is 26.8. The van der Waals surface area contributed by atoms with Crippen LogP contribution in [-0.2, 0) is 23.1 Å². The zero-order valence-electron chi connectivity index (χ0n) is 16.4. The first-order chi connectivity index (χ1) is 13.4. The fourth-order valence-electron chi connectivity index (χ4n) is 4.83. The largest absolute Gasteiger partial charge is 0.298 e. The second-order valence-corrected chi connectivity index (χ2v) is 11.1. The Kier molecular flexibility index (Phi) is 5.90. The van der Waals surface area contributed by atoms with Crippen LogP contribution >= 0.6 is 11.3 Å². The number of likely N-dealkylation sites (tertiary alicyclic amines) is 2. The highest BCUT2D eigenvalue weighted by molar-refractivity contribution is 7.88. The second-order valence-electron chi connectivity index (χ2n) is 8.33. The summed E-state index contributed by atoms with van der Waals surface area (Å²) in [7, 11) is -3.22. The Morgan fingerprint density at radius 1 is 1.07 bits per heavy atom. The van der Waals surface area contributed by atoms with Crippen molar-refractivity contribution in [2.24, 2.45) is 5.41 Å². The zero-order chi connectivity index (χ0) is 19.6. The molecule has 4 rings (SSSR count). The van der Waals surface area contributed by atoms with Crippen LogP contribution in [0.25, 0.3) is 0 Å². The van der Waals surface area contributed by atoms with Crippen LogP contribution in [0.2, 0.25) is 0 Å². The molecule has 1 spiro atoms. The minimum atomic E-state index is -3.22. The molecule has 0 amide bonds. The maximum absolute atomic E-state index is 12.0. The molecule has 0 saturated carbocycles. The quantitative estimate of drug-likeness (QED) is 0.782. The molecule has 1 aromatic carbocycles. The topological polar surface area (TPSA) is 52.7 Å². The number of thiophene rings is 1. The fourth-order valence-corrected chi connectivity index (χ4v) is 6.46. The number of sulfonamides is 1. The van der Waals surface area contributed by atoms with Gasteiger partial charge >= 0.3 is 0 Å². The van der Waals surface area contributed by atoms with E-state index >= 15 is 0 Å². The highest BCUT2D eigenvalue weighted by atomic mass is 32.2. The van der Waals surface area contributed by atoms with Gasteiger partial charge in [-0.05, 0) is 36.4 Å². The average Bonchev–Trinajstić information content (AvgIpc) is 3.28.